The summed E-state index contributed by atoms with van der Waals surface area (Å²) >= 11 is 0. The molecule has 0 amide bonds. The number of hydrogen-bond donors (Lipinski definition) is 0. The maximum Gasteiger partial charge on any atom is 0.246 e. The molecule has 0 radical (unpaired) electrons. The van der Waals surface area contributed by atoms with Crippen LogP contribution >= 0.6 is 0 Å². The van der Waals surface area contributed by atoms with Gasteiger partial charge in [0.05, 0.1) is 25.3 Å². The van der Waals surface area contributed by atoms with Gasteiger partial charge in [-0.15, -0.1) is 0 Å². The molecule has 8 nitrogen and oxygen atoms in total. The number of piperidine rings is 1. The van der Waals surface area contributed by atoms with Crippen LogP contribution in [0, 0.1) is 5.92 Å². The Bertz CT molecular complexity index is 1460. The molecule has 4 aromatic rings. The number of fused-ring (bicyclic) bond motifs is 1. The van der Waals surface area contributed by atoms with Crippen molar-refractivity contribution in [1.29, 1.82) is 0 Å². The summed E-state index contributed by atoms with van der Waals surface area (Å²) in [5.41, 5.74) is 1.99. The largest absolute Gasteiger partial charge is 0.497 e. The fraction of sp³-hybridized carbons (Fsp3) is 0.321. The van der Waals surface area contributed by atoms with Crippen LogP contribution in [0.4, 0.5) is 0 Å². The van der Waals surface area contributed by atoms with Gasteiger partial charge in [0.25, 0.3) is 0 Å². The van der Waals surface area contributed by atoms with Crippen molar-refractivity contribution in [3.05, 3.63) is 78.6 Å². The van der Waals surface area contributed by atoms with E-state index in [1.54, 1.807) is 16.4 Å². The van der Waals surface area contributed by atoms with Crippen molar-refractivity contribution in [3.63, 3.8) is 0 Å². The molecule has 5 rings (SSSR count). The van der Waals surface area contributed by atoms with Crippen molar-refractivity contribution < 1.29 is 22.6 Å². The topological polar surface area (TPSA) is 82.9 Å². The van der Waals surface area contributed by atoms with Gasteiger partial charge in [-0.2, -0.15) is 4.31 Å². The predicted octanol–water partition coefficient (Wildman–Crippen LogP) is 4.73. The van der Waals surface area contributed by atoms with E-state index < -0.39 is 10.0 Å². The quantitative estimate of drug-likeness (QED) is 0.317. The molecule has 0 atom stereocenters. The van der Waals surface area contributed by atoms with Gasteiger partial charge in [-0.25, -0.2) is 13.4 Å². The first-order valence-corrected chi connectivity index (χ1v) is 13.8. The minimum absolute atomic E-state index is 0.133. The molecule has 1 aliphatic heterocycles. The van der Waals surface area contributed by atoms with E-state index in [1.165, 1.54) is 20.3 Å². The van der Waals surface area contributed by atoms with Gasteiger partial charge in [0, 0.05) is 25.7 Å². The van der Waals surface area contributed by atoms with Gasteiger partial charge >= 0.3 is 0 Å². The molecular weight excluding hydrogens is 490 g/mol. The zero-order valence-electron chi connectivity index (χ0n) is 21.0. The van der Waals surface area contributed by atoms with Gasteiger partial charge in [0.1, 0.15) is 34.6 Å². The smallest absolute Gasteiger partial charge is 0.246 e. The molecule has 1 fully saturated rings. The summed E-state index contributed by atoms with van der Waals surface area (Å²) in [5.74, 6) is 2.77. The standard InChI is InChI=1S/C28H31N3O5S/c1-34-23-12-13-26(35-2)27(18-23)37(32,33)30-16-14-21(15-17-30)19-31-25-11-7-6-10-24(25)29-28(31)20-36-22-8-4-3-5-9-22/h3-13,18,21H,14-17,19-20H2,1-2H3. The van der Waals surface area contributed by atoms with Gasteiger partial charge in [0.2, 0.25) is 10.0 Å². The number of hydrogen-bond acceptors (Lipinski definition) is 6. The van der Waals surface area contributed by atoms with Crippen molar-refractivity contribution in [3.8, 4) is 17.2 Å². The second-order valence-corrected chi connectivity index (χ2v) is 11.0. The molecule has 1 saturated heterocycles. The zero-order chi connectivity index (χ0) is 25.8. The molecule has 1 aromatic heterocycles. The number of ether oxygens (including phenoxy) is 3. The van der Waals surface area contributed by atoms with Gasteiger partial charge < -0.3 is 18.8 Å². The Kier molecular flexibility index (Phi) is 7.34. The molecule has 2 heterocycles. The molecule has 0 unspecified atom stereocenters. The molecular formula is C28H31N3O5S. The summed E-state index contributed by atoms with van der Waals surface area (Å²) in [6, 6.07) is 22.6. The minimum Gasteiger partial charge on any atom is -0.497 e. The molecule has 0 N–H and O–H groups in total. The highest BCUT2D eigenvalue weighted by atomic mass is 32.2. The molecule has 0 saturated carbocycles. The number of para-hydroxylation sites is 3. The highest BCUT2D eigenvalue weighted by Crippen LogP contribution is 2.33. The first-order chi connectivity index (χ1) is 18.0. The Balaban J connectivity index is 1.31. The first-order valence-electron chi connectivity index (χ1n) is 12.3. The van der Waals surface area contributed by atoms with Crippen molar-refractivity contribution in [2.24, 2.45) is 5.92 Å². The normalized spacial score (nSPS) is 15.1. The number of aromatic nitrogens is 2. The number of nitrogens with zero attached hydrogens (tertiary/aromatic N) is 3. The fourth-order valence-electron chi connectivity index (χ4n) is 4.82. The lowest BCUT2D eigenvalue weighted by atomic mass is 9.98. The third-order valence-corrected chi connectivity index (χ3v) is 8.77. The zero-order valence-corrected chi connectivity index (χ0v) is 21.9. The lowest BCUT2D eigenvalue weighted by Crippen LogP contribution is -2.39. The number of rotatable bonds is 9. The summed E-state index contributed by atoms with van der Waals surface area (Å²) in [6.07, 6.45) is 1.49. The number of sulfonamides is 1. The summed E-state index contributed by atoms with van der Waals surface area (Å²) in [4.78, 5) is 4.96. The van der Waals surface area contributed by atoms with Crippen LogP contribution < -0.4 is 14.2 Å². The number of methoxy groups -OCH3 is 2. The van der Waals surface area contributed by atoms with Crippen molar-refractivity contribution in [1.82, 2.24) is 13.9 Å². The lowest BCUT2D eigenvalue weighted by molar-refractivity contribution is 0.243. The van der Waals surface area contributed by atoms with Crippen LogP contribution in [-0.4, -0.2) is 49.6 Å². The molecule has 3 aromatic carbocycles. The second-order valence-electron chi connectivity index (χ2n) is 9.09. The Labute approximate surface area is 217 Å². The fourth-order valence-corrected chi connectivity index (χ4v) is 6.46. The Morgan fingerprint density at radius 3 is 2.35 bits per heavy atom. The summed E-state index contributed by atoms with van der Waals surface area (Å²) in [5, 5.41) is 0. The maximum absolute atomic E-state index is 13.5. The van der Waals surface area contributed by atoms with Gasteiger partial charge in [0.15, 0.2) is 0 Å². The maximum atomic E-state index is 13.5. The molecule has 0 spiro atoms. The van der Waals surface area contributed by atoms with E-state index in [1.807, 2.05) is 48.5 Å². The SMILES string of the molecule is COc1ccc(OC)c(S(=O)(=O)N2CCC(Cn3c(COc4ccccc4)nc4ccccc43)CC2)c1. The molecule has 37 heavy (non-hydrogen) atoms. The monoisotopic (exact) mass is 521 g/mol. The average molecular weight is 522 g/mol. The molecule has 194 valence electrons. The Hall–Kier alpha value is -3.56. The van der Waals surface area contributed by atoms with Crippen LogP contribution in [0.3, 0.4) is 0 Å². The van der Waals surface area contributed by atoms with Crippen LogP contribution in [0.15, 0.2) is 77.7 Å². The highest BCUT2D eigenvalue weighted by molar-refractivity contribution is 7.89. The number of imidazole rings is 1. The second kappa shape index (κ2) is 10.8. The van der Waals surface area contributed by atoms with Crippen molar-refractivity contribution in [2.75, 3.05) is 27.3 Å². The third kappa shape index (κ3) is 5.28. The molecule has 1 aliphatic rings. The Morgan fingerprint density at radius 1 is 0.892 bits per heavy atom. The molecule has 0 aliphatic carbocycles. The molecule has 9 heteroatoms. The van der Waals surface area contributed by atoms with Crippen LogP contribution in [0.25, 0.3) is 11.0 Å². The van der Waals surface area contributed by atoms with Gasteiger partial charge in [-0.1, -0.05) is 30.3 Å². The van der Waals surface area contributed by atoms with E-state index in [0.717, 1.165) is 42.0 Å². The van der Waals surface area contributed by atoms with Gasteiger partial charge in [-0.05, 0) is 55.2 Å². The average Bonchev–Trinajstić information content (AvgIpc) is 3.29. The van der Waals surface area contributed by atoms with Crippen LogP contribution in [0.1, 0.15) is 18.7 Å². The van der Waals surface area contributed by atoms with E-state index in [-0.39, 0.29) is 4.90 Å². The summed E-state index contributed by atoms with van der Waals surface area (Å²) in [6.45, 7) is 2.00. The van der Waals surface area contributed by atoms with Crippen molar-refractivity contribution in [2.45, 2.75) is 30.9 Å². The van der Waals surface area contributed by atoms with E-state index in [9.17, 15) is 8.42 Å². The Morgan fingerprint density at radius 2 is 1.62 bits per heavy atom. The van der Waals surface area contributed by atoms with E-state index >= 15 is 0 Å². The third-order valence-electron chi connectivity index (χ3n) is 6.85. The van der Waals surface area contributed by atoms with Crippen LogP contribution in [0.2, 0.25) is 0 Å². The van der Waals surface area contributed by atoms with E-state index in [0.29, 0.717) is 37.1 Å². The van der Waals surface area contributed by atoms with Crippen LogP contribution in [0.5, 0.6) is 17.2 Å². The van der Waals surface area contributed by atoms with Crippen molar-refractivity contribution >= 4 is 21.1 Å². The first kappa shape index (κ1) is 25.1. The minimum atomic E-state index is -3.72. The summed E-state index contributed by atoms with van der Waals surface area (Å²) in [7, 11) is -0.725. The lowest BCUT2D eigenvalue weighted by Gasteiger charge is -2.32. The summed E-state index contributed by atoms with van der Waals surface area (Å²) < 4.78 is 47.3. The molecule has 0 bridgehead atoms. The number of benzene rings is 3. The highest BCUT2D eigenvalue weighted by Gasteiger charge is 2.32. The van der Waals surface area contributed by atoms with E-state index in [4.69, 9.17) is 19.2 Å². The van der Waals surface area contributed by atoms with Gasteiger partial charge in [-0.3, -0.25) is 0 Å². The predicted molar refractivity (Wildman–Crippen MR) is 142 cm³/mol. The van der Waals surface area contributed by atoms with E-state index in [2.05, 4.69) is 10.6 Å². The van der Waals surface area contributed by atoms with Crippen LogP contribution in [-0.2, 0) is 23.2 Å².